The van der Waals surface area contributed by atoms with Crippen molar-refractivity contribution in [1.82, 2.24) is 4.57 Å². The minimum atomic E-state index is -0.355. The first-order chi connectivity index (χ1) is 12.8. The van der Waals surface area contributed by atoms with Crippen molar-refractivity contribution in [2.24, 2.45) is 5.92 Å². The number of aromatic nitrogens is 1. The summed E-state index contributed by atoms with van der Waals surface area (Å²) >= 11 is 22.3. The van der Waals surface area contributed by atoms with Crippen LogP contribution in [0.15, 0.2) is 18.2 Å². The van der Waals surface area contributed by atoms with Crippen molar-refractivity contribution < 1.29 is 9.59 Å². The molecule has 142 valence electrons. The molecule has 0 spiro atoms. The van der Waals surface area contributed by atoms with Crippen LogP contribution in [0.1, 0.15) is 35.0 Å². The highest BCUT2D eigenvalue weighted by Gasteiger charge is 2.42. The van der Waals surface area contributed by atoms with Crippen LogP contribution in [0.4, 0.5) is 11.5 Å². The Hall–Kier alpha value is -0.930. The maximum absolute atomic E-state index is 12.8. The number of fused-ring (bicyclic) bond motifs is 3. The zero-order valence-corrected chi connectivity index (χ0v) is 18.5. The van der Waals surface area contributed by atoms with Gasteiger partial charge in [-0.05, 0) is 49.7 Å². The second-order valence-corrected chi connectivity index (χ2v) is 10.4. The maximum Gasteiger partial charge on any atom is 0.269 e. The van der Waals surface area contributed by atoms with Crippen LogP contribution in [0.25, 0.3) is 0 Å². The lowest BCUT2D eigenvalue weighted by Crippen LogP contribution is -2.41. The molecule has 5 nitrogen and oxygen atoms in total. The van der Waals surface area contributed by atoms with Crippen LogP contribution < -0.4 is 10.6 Å². The summed E-state index contributed by atoms with van der Waals surface area (Å²) in [6.07, 6.45) is 2.57. The van der Waals surface area contributed by atoms with E-state index in [9.17, 15) is 9.59 Å². The average Bonchev–Trinajstić information content (AvgIpc) is 2.91. The molecule has 4 rings (SSSR count). The van der Waals surface area contributed by atoms with Crippen molar-refractivity contribution in [1.29, 1.82) is 0 Å². The van der Waals surface area contributed by atoms with Crippen LogP contribution in [-0.4, -0.2) is 21.2 Å². The highest BCUT2D eigenvalue weighted by atomic mass is 79.9. The Morgan fingerprint density at radius 2 is 2.00 bits per heavy atom. The summed E-state index contributed by atoms with van der Waals surface area (Å²) in [6, 6.07) is 4.80. The second kappa shape index (κ2) is 7.48. The molecule has 3 atom stereocenters. The summed E-state index contributed by atoms with van der Waals surface area (Å²) in [4.78, 5) is 26.2. The number of nitrogens with zero attached hydrogens (tertiary/aromatic N) is 1. The van der Waals surface area contributed by atoms with Gasteiger partial charge >= 0.3 is 0 Å². The van der Waals surface area contributed by atoms with Gasteiger partial charge in [0, 0.05) is 26.6 Å². The van der Waals surface area contributed by atoms with Crippen molar-refractivity contribution in [2.45, 2.75) is 30.1 Å². The molecule has 0 saturated heterocycles. The number of nitrogens with one attached hydrogen (secondary N) is 2. The van der Waals surface area contributed by atoms with E-state index in [1.165, 1.54) is 11.3 Å². The molecule has 1 aromatic heterocycles. The van der Waals surface area contributed by atoms with E-state index in [4.69, 9.17) is 35.4 Å². The Morgan fingerprint density at radius 3 is 2.70 bits per heavy atom. The topological polar surface area (TPSA) is 63.1 Å². The highest BCUT2D eigenvalue weighted by molar-refractivity contribution is 9.09. The number of carbonyl (C=O) groups excluding carboxylic acids is 2. The predicted molar refractivity (Wildman–Crippen MR) is 115 cm³/mol. The summed E-state index contributed by atoms with van der Waals surface area (Å²) in [7, 11) is 0. The van der Waals surface area contributed by atoms with Crippen molar-refractivity contribution in [3.8, 4) is 0 Å². The molecule has 2 amide bonds. The van der Waals surface area contributed by atoms with Crippen LogP contribution in [0.2, 0.25) is 10.0 Å². The van der Waals surface area contributed by atoms with E-state index in [0.717, 1.165) is 19.3 Å². The Labute approximate surface area is 183 Å². The van der Waals surface area contributed by atoms with Gasteiger partial charge in [0.1, 0.15) is 10.7 Å². The summed E-state index contributed by atoms with van der Waals surface area (Å²) in [6.45, 7) is 0. The van der Waals surface area contributed by atoms with Gasteiger partial charge in [0.25, 0.3) is 5.91 Å². The zero-order chi connectivity index (χ0) is 19.3. The number of halogens is 3. The van der Waals surface area contributed by atoms with Gasteiger partial charge in [-0.25, -0.2) is 0 Å². The molecule has 1 aliphatic heterocycles. The first-order valence-corrected chi connectivity index (χ1v) is 11.2. The fourth-order valence-electron chi connectivity index (χ4n) is 3.67. The fourth-order valence-corrected chi connectivity index (χ4v) is 6.23. The van der Waals surface area contributed by atoms with E-state index in [2.05, 4.69) is 26.6 Å². The molecule has 0 bridgehead atoms. The lowest BCUT2D eigenvalue weighted by atomic mass is 9.82. The molecule has 27 heavy (non-hydrogen) atoms. The predicted octanol–water partition coefficient (Wildman–Crippen LogP) is 5.89. The lowest BCUT2D eigenvalue weighted by molar-refractivity contribution is -0.123. The van der Waals surface area contributed by atoms with Gasteiger partial charge in [0.05, 0.1) is 5.92 Å². The SMILES string of the molecule is O=C(Nc1cc(Cl)cc(Cl)c1)c1sc(=S)n2c1NC(=O)C1CC(Br)CCC12. The van der Waals surface area contributed by atoms with E-state index in [0.29, 0.717) is 35.2 Å². The highest BCUT2D eigenvalue weighted by Crippen LogP contribution is 2.44. The number of alkyl halides is 1. The normalized spacial score (nSPS) is 24.0. The maximum atomic E-state index is 12.8. The quantitative estimate of drug-likeness (QED) is 0.394. The monoisotopic (exact) mass is 505 g/mol. The smallest absolute Gasteiger partial charge is 0.269 e. The number of thiazole rings is 1. The fraction of sp³-hybridized carbons (Fsp3) is 0.353. The Kier molecular flexibility index (Phi) is 5.37. The molecule has 1 aliphatic carbocycles. The molecule has 10 heteroatoms. The van der Waals surface area contributed by atoms with Gasteiger partial charge in [-0.3, -0.25) is 9.59 Å². The molecule has 1 fully saturated rings. The van der Waals surface area contributed by atoms with E-state index in [1.54, 1.807) is 18.2 Å². The van der Waals surface area contributed by atoms with Gasteiger partial charge in [0.2, 0.25) is 5.91 Å². The third-order valence-electron chi connectivity index (χ3n) is 4.83. The first kappa shape index (κ1) is 19.4. The number of amides is 2. The van der Waals surface area contributed by atoms with Crippen LogP contribution >= 0.6 is 62.7 Å². The van der Waals surface area contributed by atoms with E-state index >= 15 is 0 Å². The Bertz CT molecular complexity index is 986. The standard InChI is InChI=1S/C17H14BrCl2N3O2S2/c18-7-1-2-12-11(3-7)15(24)22-14-13(27-17(26)23(12)14)16(25)21-10-5-8(19)4-9(20)6-10/h4-7,11-12H,1-3H2,(H,21,25)(H,22,24). The Balaban J connectivity index is 1.68. The summed E-state index contributed by atoms with van der Waals surface area (Å²) in [5, 5.41) is 6.52. The molecular weight excluding hydrogens is 493 g/mol. The van der Waals surface area contributed by atoms with Gasteiger partial charge in [-0.15, -0.1) is 0 Å². The Morgan fingerprint density at radius 1 is 1.30 bits per heavy atom. The third-order valence-corrected chi connectivity index (χ3v) is 7.50. The molecule has 2 aliphatic rings. The van der Waals surface area contributed by atoms with Crippen LogP contribution in [-0.2, 0) is 4.79 Å². The summed E-state index contributed by atoms with van der Waals surface area (Å²) in [5.41, 5.74) is 0.482. The number of rotatable bonds is 2. The number of anilines is 2. The molecule has 0 radical (unpaired) electrons. The average molecular weight is 507 g/mol. The molecule has 2 aromatic rings. The van der Waals surface area contributed by atoms with Crippen molar-refractivity contribution in [3.05, 3.63) is 37.1 Å². The molecule has 1 aromatic carbocycles. The molecule has 1 saturated carbocycles. The molecule has 3 unspecified atom stereocenters. The third kappa shape index (κ3) is 3.70. The van der Waals surface area contributed by atoms with E-state index < -0.39 is 0 Å². The minimum absolute atomic E-state index is 0.00605. The van der Waals surface area contributed by atoms with Gasteiger partial charge in [-0.2, -0.15) is 0 Å². The molecular formula is C17H14BrCl2N3O2S2. The largest absolute Gasteiger partial charge is 0.321 e. The molecule has 2 heterocycles. The first-order valence-electron chi connectivity index (χ1n) is 8.31. The minimum Gasteiger partial charge on any atom is -0.321 e. The summed E-state index contributed by atoms with van der Waals surface area (Å²) in [5.74, 6) is -0.0719. The number of hydrogen-bond acceptors (Lipinski definition) is 4. The van der Waals surface area contributed by atoms with Crippen molar-refractivity contribution in [3.63, 3.8) is 0 Å². The number of hydrogen-bond donors (Lipinski definition) is 2. The molecule has 2 N–H and O–H groups in total. The van der Waals surface area contributed by atoms with Gasteiger partial charge < -0.3 is 15.2 Å². The zero-order valence-electron chi connectivity index (χ0n) is 13.8. The summed E-state index contributed by atoms with van der Waals surface area (Å²) < 4.78 is 2.52. The van der Waals surface area contributed by atoms with Crippen LogP contribution in [0.5, 0.6) is 0 Å². The van der Waals surface area contributed by atoms with E-state index in [-0.39, 0.29) is 23.8 Å². The van der Waals surface area contributed by atoms with Gasteiger partial charge in [0.15, 0.2) is 3.95 Å². The second-order valence-electron chi connectivity index (χ2n) is 6.60. The van der Waals surface area contributed by atoms with Crippen LogP contribution in [0, 0.1) is 9.87 Å². The number of benzene rings is 1. The van der Waals surface area contributed by atoms with Crippen molar-refractivity contribution in [2.75, 3.05) is 10.6 Å². The lowest BCUT2D eigenvalue weighted by Gasteiger charge is -2.38. The van der Waals surface area contributed by atoms with Gasteiger partial charge in [-0.1, -0.05) is 50.5 Å². The van der Waals surface area contributed by atoms with E-state index in [1.807, 2.05) is 4.57 Å². The van der Waals surface area contributed by atoms with Crippen LogP contribution in [0.3, 0.4) is 0 Å². The van der Waals surface area contributed by atoms with Crippen molar-refractivity contribution >= 4 is 86.0 Å². The number of carbonyl (C=O) groups is 2.